The fourth-order valence-corrected chi connectivity index (χ4v) is 2.77. The minimum atomic E-state index is 0.515. The van der Waals surface area contributed by atoms with E-state index < -0.39 is 0 Å². The maximum absolute atomic E-state index is 5.93. The van der Waals surface area contributed by atoms with Gasteiger partial charge < -0.3 is 10.6 Å². The first kappa shape index (κ1) is 13.5. The van der Waals surface area contributed by atoms with Gasteiger partial charge in [0.25, 0.3) is 0 Å². The first-order chi connectivity index (χ1) is 8.79. The van der Waals surface area contributed by atoms with E-state index >= 15 is 0 Å². The Balaban J connectivity index is 1.83. The largest absolute Gasteiger partial charge is 0.329 e. The topological polar surface area (TPSA) is 32.5 Å². The molecule has 2 N–H and O–H groups in total. The highest BCUT2D eigenvalue weighted by molar-refractivity contribution is 5.14. The molecule has 2 rings (SSSR count). The van der Waals surface area contributed by atoms with Crippen LogP contribution in [0.15, 0.2) is 30.3 Å². The third kappa shape index (κ3) is 3.80. The normalized spacial score (nSPS) is 18.4. The van der Waals surface area contributed by atoms with Crippen molar-refractivity contribution < 1.29 is 0 Å². The lowest BCUT2D eigenvalue weighted by Crippen LogP contribution is -2.45. The molecule has 0 aliphatic carbocycles. The third-order valence-corrected chi connectivity index (χ3v) is 3.75. The minimum Gasteiger partial charge on any atom is -0.329 e. The Kier molecular flexibility index (Phi) is 5.17. The second-order valence-corrected chi connectivity index (χ2v) is 5.31. The summed E-state index contributed by atoms with van der Waals surface area (Å²) in [7, 11) is 2.19. The maximum Gasteiger partial charge on any atom is 0.0345 e. The highest BCUT2D eigenvalue weighted by Crippen LogP contribution is 2.12. The van der Waals surface area contributed by atoms with Crippen LogP contribution in [0.1, 0.15) is 18.4 Å². The summed E-state index contributed by atoms with van der Waals surface area (Å²) in [5.74, 6) is 0. The average molecular weight is 247 g/mol. The maximum atomic E-state index is 5.93. The molecule has 100 valence electrons. The molecule has 0 saturated carbocycles. The summed E-state index contributed by atoms with van der Waals surface area (Å²) in [6.07, 6.45) is 2.66. The van der Waals surface area contributed by atoms with Crippen molar-refractivity contribution in [3.8, 4) is 0 Å². The van der Waals surface area contributed by atoms with Crippen LogP contribution in [-0.4, -0.2) is 49.1 Å². The number of hydrogen-bond acceptors (Lipinski definition) is 3. The predicted molar refractivity (Wildman–Crippen MR) is 76.4 cm³/mol. The number of nitrogens with zero attached hydrogens (tertiary/aromatic N) is 2. The van der Waals surface area contributed by atoms with Crippen LogP contribution in [0.3, 0.4) is 0 Å². The zero-order chi connectivity index (χ0) is 12.8. The van der Waals surface area contributed by atoms with Crippen LogP contribution in [-0.2, 0) is 6.54 Å². The van der Waals surface area contributed by atoms with Crippen LogP contribution in [0.2, 0.25) is 0 Å². The van der Waals surface area contributed by atoms with E-state index in [9.17, 15) is 0 Å². The molecule has 1 aromatic carbocycles. The first-order valence-corrected chi connectivity index (χ1v) is 6.96. The van der Waals surface area contributed by atoms with Crippen LogP contribution in [0.4, 0.5) is 0 Å². The third-order valence-electron chi connectivity index (χ3n) is 3.75. The predicted octanol–water partition coefficient (Wildman–Crippen LogP) is 1.54. The Morgan fingerprint density at radius 2 is 1.89 bits per heavy atom. The number of benzene rings is 1. The molecule has 1 unspecified atom stereocenters. The molecule has 1 fully saturated rings. The highest BCUT2D eigenvalue weighted by atomic mass is 15.2. The molecule has 18 heavy (non-hydrogen) atoms. The second kappa shape index (κ2) is 6.88. The zero-order valence-electron chi connectivity index (χ0n) is 11.4. The van der Waals surface area contributed by atoms with Crippen molar-refractivity contribution in [2.75, 3.05) is 33.2 Å². The lowest BCUT2D eigenvalue weighted by atomic mass is 10.2. The number of likely N-dealkylation sites (tertiary alicyclic amines) is 1. The molecule has 3 heteroatoms. The molecule has 0 spiro atoms. The molecule has 0 radical (unpaired) electrons. The smallest absolute Gasteiger partial charge is 0.0345 e. The summed E-state index contributed by atoms with van der Waals surface area (Å²) >= 11 is 0. The van der Waals surface area contributed by atoms with Gasteiger partial charge in [0.1, 0.15) is 0 Å². The van der Waals surface area contributed by atoms with Crippen molar-refractivity contribution in [1.82, 2.24) is 9.80 Å². The van der Waals surface area contributed by atoms with E-state index in [0.717, 1.165) is 19.6 Å². The molecule has 1 atom stereocenters. The van der Waals surface area contributed by atoms with Gasteiger partial charge in [-0.3, -0.25) is 4.90 Å². The van der Waals surface area contributed by atoms with E-state index in [-0.39, 0.29) is 0 Å². The Morgan fingerprint density at radius 1 is 1.22 bits per heavy atom. The Bertz CT molecular complexity index is 333. The van der Waals surface area contributed by atoms with E-state index in [1.54, 1.807) is 0 Å². The summed E-state index contributed by atoms with van der Waals surface area (Å²) in [4.78, 5) is 4.92. The van der Waals surface area contributed by atoms with Gasteiger partial charge in [-0.1, -0.05) is 30.3 Å². The van der Waals surface area contributed by atoms with E-state index in [2.05, 4.69) is 47.2 Å². The van der Waals surface area contributed by atoms with Crippen LogP contribution in [0.25, 0.3) is 0 Å². The van der Waals surface area contributed by atoms with Crippen LogP contribution in [0, 0.1) is 0 Å². The van der Waals surface area contributed by atoms with Crippen molar-refractivity contribution in [2.24, 2.45) is 5.73 Å². The average Bonchev–Trinajstić information content (AvgIpc) is 2.91. The van der Waals surface area contributed by atoms with Crippen molar-refractivity contribution in [2.45, 2.75) is 25.4 Å². The minimum absolute atomic E-state index is 0.515. The van der Waals surface area contributed by atoms with E-state index in [1.165, 1.54) is 31.5 Å². The van der Waals surface area contributed by atoms with Crippen molar-refractivity contribution >= 4 is 0 Å². The van der Waals surface area contributed by atoms with Gasteiger partial charge in [0.15, 0.2) is 0 Å². The molecule has 1 heterocycles. The van der Waals surface area contributed by atoms with E-state index in [0.29, 0.717) is 6.04 Å². The Morgan fingerprint density at radius 3 is 2.50 bits per heavy atom. The number of rotatable bonds is 6. The van der Waals surface area contributed by atoms with E-state index in [4.69, 9.17) is 5.73 Å². The fourth-order valence-electron chi connectivity index (χ4n) is 2.77. The van der Waals surface area contributed by atoms with Gasteiger partial charge in [-0.2, -0.15) is 0 Å². The molecular weight excluding hydrogens is 222 g/mol. The van der Waals surface area contributed by atoms with Gasteiger partial charge in [-0.25, -0.2) is 0 Å². The monoisotopic (exact) mass is 247 g/mol. The summed E-state index contributed by atoms with van der Waals surface area (Å²) in [6, 6.07) is 11.2. The molecule has 1 aromatic rings. The Labute approximate surface area is 111 Å². The van der Waals surface area contributed by atoms with Gasteiger partial charge in [0.2, 0.25) is 0 Å². The summed E-state index contributed by atoms with van der Waals surface area (Å²) in [6.45, 7) is 5.28. The molecule has 0 bridgehead atoms. The lowest BCUT2D eigenvalue weighted by molar-refractivity contribution is 0.180. The zero-order valence-corrected chi connectivity index (χ0v) is 11.4. The first-order valence-electron chi connectivity index (χ1n) is 6.96. The SMILES string of the molecule is CN(Cc1ccccc1)CC(CN)N1CCCC1. The van der Waals surface area contributed by atoms with Gasteiger partial charge in [-0.05, 0) is 38.5 Å². The van der Waals surface area contributed by atoms with Crippen molar-refractivity contribution in [3.05, 3.63) is 35.9 Å². The van der Waals surface area contributed by atoms with Gasteiger partial charge in [0.05, 0.1) is 0 Å². The van der Waals surface area contributed by atoms with Crippen molar-refractivity contribution in [1.29, 1.82) is 0 Å². The molecule has 0 aromatic heterocycles. The van der Waals surface area contributed by atoms with Crippen molar-refractivity contribution in [3.63, 3.8) is 0 Å². The van der Waals surface area contributed by atoms with Gasteiger partial charge in [0, 0.05) is 25.7 Å². The lowest BCUT2D eigenvalue weighted by Gasteiger charge is -2.30. The second-order valence-electron chi connectivity index (χ2n) is 5.31. The number of nitrogens with two attached hydrogens (primary N) is 1. The summed E-state index contributed by atoms with van der Waals surface area (Å²) in [5.41, 5.74) is 7.30. The molecule has 1 saturated heterocycles. The molecule has 3 nitrogen and oxygen atoms in total. The molecule has 0 amide bonds. The van der Waals surface area contributed by atoms with Gasteiger partial charge in [-0.15, -0.1) is 0 Å². The molecular formula is C15H25N3. The highest BCUT2D eigenvalue weighted by Gasteiger charge is 2.21. The van der Waals surface area contributed by atoms with Gasteiger partial charge >= 0.3 is 0 Å². The number of hydrogen-bond donors (Lipinski definition) is 1. The number of likely N-dealkylation sites (N-methyl/N-ethyl adjacent to an activating group) is 1. The summed E-state index contributed by atoms with van der Waals surface area (Å²) < 4.78 is 0. The summed E-state index contributed by atoms with van der Waals surface area (Å²) in [5, 5.41) is 0. The quantitative estimate of drug-likeness (QED) is 0.827. The van der Waals surface area contributed by atoms with E-state index in [1.807, 2.05) is 0 Å². The van der Waals surface area contributed by atoms with Crippen LogP contribution >= 0.6 is 0 Å². The van der Waals surface area contributed by atoms with Crippen LogP contribution in [0.5, 0.6) is 0 Å². The Hall–Kier alpha value is -0.900. The standard InChI is InChI=1S/C15H25N3/c1-17(12-14-7-3-2-4-8-14)13-15(11-16)18-9-5-6-10-18/h2-4,7-8,15H,5-6,9-13,16H2,1H3. The molecule has 1 aliphatic heterocycles. The van der Waals surface area contributed by atoms with Crippen LogP contribution < -0.4 is 5.73 Å². The fraction of sp³-hybridized carbons (Fsp3) is 0.600. The molecule has 1 aliphatic rings.